The van der Waals surface area contributed by atoms with Gasteiger partial charge in [0.2, 0.25) is 0 Å². The summed E-state index contributed by atoms with van der Waals surface area (Å²) in [6.45, 7) is 9.11. The average molecular weight is 576 g/mol. The number of halogens is 1. The van der Waals surface area contributed by atoms with Crippen LogP contribution in [0.4, 0.5) is 17.3 Å². The molecule has 0 amide bonds. The lowest BCUT2D eigenvalue weighted by atomic mass is 9.77. The number of rotatable bonds is 6. The van der Waals surface area contributed by atoms with Gasteiger partial charge in [-0.2, -0.15) is 5.26 Å². The highest BCUT2D eigenvalue weighted by Gasteiger charge is 2.44. The summed E-state index contributed by atoms with van der Waals surface area (Å²) in [4.78, 5) is 9.97. The Morgan fingerprint density at radius 3 is 2.41 bits per heavy atom. The second-order valence-corrected chi connectivity index (χ2v) is 13.7. The topological polar surface area (TPSA) is 62.5 Å². The molecule has 4 aliphatic rings. The van der Waals surface area contributed by atoms with Gasteiger partial charge in [-0.25, -0.2) is 0 Å². The monoisotopic (exact) mass is 575 g/mol. The van der Waals surface area contributed by atoms with Gasteiger partial charge in [0.1, 0.15) is 6.07 Å². The molecule has 220 valence electrons. The Bertz CT molecular complexity index is 1210. The van der Waals surface area contributed by atoms with Crippen molar-refractivity contribution >= 4 is 28.9 Å². The van der Waals surface area contributed by atoms with Gasteiger partial charge in [0.05, 0.1) is 10.6 Å². The van der Waals surface area contributed by atoms with Gasteiger partial charge in [-0.3, -0.25) is 0 Å². The Morgan fingerprint density at radius 1 is 1.00 bits per heavy atom. The van der Waals surface area contributed by atoms with E-state index in [1.807, 2.05) is 18.2 Å². The maximum Gasteiger partial charge on any atom is 0.151 e. The Balaban J connectivity index is 0.997. The molecule has 4 heterocycles. The van der Waals surface area contributed by atoms with Crippen LogP contribution in [0.1, 0.15) is 76.7 Å². The SMILES string of the molecule is C[C@H]1CC2(CCN(c3ccc(N(C)C4CCN(CC5CCCCC5)CC4)nn3)CC2)CN1c1ccc(C#N)c(Cl)c1. The summed E-state index contributed by atoms with van der Waals surface area (Å²) >= 11 is 6.36. The minimum atomic E-state index is 0.315. The van der Waals surface area contributed by atoms with Crippen molar-refractivity contribution in [1.29, 1.82) is 5.26 Å². The molecule has 3 aliphatic heterocycles. The number of hydrogen-bond acceptors (Lipinski definition) is 7. The molecule has 0 bridgehead atoms. The fourth-order valence-electron chi connectivity index (χ4n) is 8.10. The van der Waals surface area contributed by atoms with Crippen molar-refractivity contribution < 1.29 is 0 Å². The van der Waals surface area contributed by atoms with E-state index >= 15 is 0 Å². The number of likely N-dealkylation sites (tertiary alicyclic amines) is 1. The third-order valence-corrected chi connectivity index (χ3v) is 11.0. The van der Waals surface area contributed by atoms with Gasteiger partial charge in [0.15, 0.2) is 11.6 Å². The third kappa shape index (κ3) is 6.29. The molecule has 0 unspecified atom stereocenters. The molecule has 0 N–H and O–H groups in total. The predicted octanol–water partition coefficient (Wildman–Crippen LogP) is 6.37. The molecule has 1 aromatic carbocycles. The molecular formula is C33H46ClN7. The summed E-state index contributed by atoms with van der Waals surface area (Å²) in [5.41, 5.74) is 1.98. The Labute approximate surface area is 251 Å². The van der Waals surface area contributed by atoms with E-state index in [0.717, 1.165) is 55.7 Å². The largest absolute Gasteiger partial charge is 0.368 e. The molecule has 8 heteroatoms. The zero-order valence-corrected chi connectivity index (χ0v) is 25.7. The second-order valence-electron chi connectivity index (χ2n) is 13.3. The van der Waals surface area contributed by atoms with Gasteiger partial charge in [0, 0.05) is 64.1 Å². The van der Waals surface area contributed by atoms with E-state index in [0.29, 0.717) is 28.1 Å². The number of nitriles is 1. The number of piperidine rings is 2. The first kappa shape index (κ1) is 28.6. The first-order chi connectivity index (χ1) is 19.9. The summed E-state index contributed by atoms with van der Waals surface area (Å²) in [5, 5.41) is 19.2. The molecule has 1 spiro atoms. The molecule has 1 aliphatic carbocycles. The normalized spacial score (nSPS) is 24.1. The molecule has 4 fully saturated rings. The fourth-order valence-corrected chi connectivity index (χ4v) is 8.31. The predicted molar refractivity (Wildman–Crippen MR) is 168 cm³/mol. The molecule has 2 aromatic rings. The van der Waals surface area contributed by atoms with Gasteiger partial charge >= 0.3 is 0 Å². The Hall–Kier alpha value is -2.56. The van der Waals surface area contributed by atoms with E-state index in [1.54, 1.807) is 0 Å². The maximum absolute atomic E-state index is 9.24. The summed E-state index contributed by atoms with van der Waals surface area (Å²) in [6.07, 6.45) is 13.1. The molecule has 0 radical (unpaired) electrons. The van der Waals surface area contributed by atoms with Crippen LogP contribution in [0.5, 0.6) is 0 Å². The Kier molecular flexibility index (Phi) is 8.60. The van der Waals surface area contributed by atoms with Crippen LogP contribution in [0, 0.1) is 22.7 Å². The van der Waals surface area contributed by atoms with Crippen LogP contribution in [0.25, 0.3) is 0 Å². The van der Waals surface area contributed by atoms with Crippen LogP contribution >= 0.6 is 11.6 Å². The lowest BCUT2D eigenvalue weighted by molar-refractivity contribution is 0.163. The number of aromatic nitrogens is 2. The first-order valence-corrected chi connectivity index (χ1v) is 16.3. The highest BCUT2D eigenvalue weighted by Crippen LogP contribution is 2.45. The van der Waals surface area contributed by atoms with E-state index in [-0.39, 0.29) is 0 Å². The van der Waals surface area contributed by atoms with E-state index in [1.165, 1.54) is 71.0 Å². The third-order valence-electron chi connectivity index (χ3n) is 10.7. The molecule has 7 nitrogen and oxygen atoms in total. The fraction of sp³-hybridized carbons (Fsp3) is 0.667. The molecule has 1 saturated carbocycles. The van der Waals surface area contributed by atoms with Crippen molar-refractivity contribution in [1.82, 2.24) is 15.1 Å². The molecule has 6 rings (SSSR count). The molecular weight excluding hydrogens is 530 g/mol. The van der Waals surface area contributed by atoms with Gasteiger partial charge in [-0.05, 0) is 93.5 Å². The highest BCUT2D eigenvalue weighted by atomic mass is 35.5. The molecule has 1 atom stereocenters. The molecule has 1 aromatic heterocycles. The van der Waals surface area contributed by atoms with Crippen LogP contribution in [0.2, 0.25) is 5.02 Å². The van der Waals surface area contributed by atoms with Crippen LogP contribution in [-0.4, -0.2) is 73.5 Å². The van der Waals surface area contributed by atoms with E-state index in [4.69, 9.17) is 21.8 Å². The van der Waals surface area contributed by atoms with Gasteiger partial charge < -0.3 is 19.6 Å². The van der Waals surface area contributed by atoms with Crippen molar-refractivity contribution in [2.75, 3.05) is 61.0 Å². The van der Waals surface area contributed by atoms with Crippen molar-refractivity contribution in [3.63, 3.8) is 0 Å². The summed E-state index contributed by atoms with van der Waals surface area (Å²) in [6, 6.07) is 13.4. The number of anilines is 3. The minimum Gasteiger partial charge on any atom is -0.368 e. The quantitative estimate of drug-likeness (QED) is 0.396. The number of hydrogen-bond donors (Lipinski definition) is 0. The first-order valence-electron chi connectivity index (χ1n) is 15.9. The smallest absolute Gasteiger partial charge is 0.151 e. The van der Waals surface area contributed by atoms with Crippen molar-refractivity contribution in [3.05, 3.63) is 40.9 Å². The van der Waals surface area contributed by atoms with Crippen molar-refractivity contribution in [3.8, 4) is 6.07 Å². The standard InChI is InChI=1S/C33H46ClN7/c1-25-21-33(24-41(25)29-9-8-27(22-35)30(34)20-29)14-18-40(19-15-33)32-11-10-31(36-37-32)38(2)28-12-16-39(17-13-28)23-26-6-4-3-5-7-26/h8-11,20,25-26,28H,3-7,12-19,21,23-24H2,1-2H3/t25-/m0/s1. The lowest BCUT2D eigenvalue weighted by Gasteiger charge is -2.40. The summed E-state index contributed by atoms with van der Waals surface area (Å²) < 4.78 is 0. The van der Waals surface area contributed by atoms with Crippen LogP contribution in [-0.2, 0) is 0 Å². The zero-order valence-electron chi connectivity index (χ0n) is 24.9. The van der Waals surface area contributed by atoms with Crippen LogP contribution < -0.4 is 14.7 Å². The molecule has 41 heavy (non-hydrogen) atoms. The zero-order chi connectivity index (χ0) is 28.4. The van der Waals surface area contributed by atoms with Crippen LogP contribution in [0.15, 0.2) is 30.3 Å². The highest BCUT2D eigenvalue weighted by molar-refractivity contribution is 6.32. The lowest BCUT2D eigenvalue weighted by Crippen LogP contribution is -2.45. The Morgan fingerprint density at radius 2 is 1.76 bits per heavy atom. The average Bonchev–Trinajstić information content (AvgIpc) is 3.33. The number of nitrogens with zero attached hydrogens (tertiary/aromatic N) is 7. The second kappa shape index (κ2) is 12.4. The van der Waals surface area contributed by atoms with Gasteiger partial charge in [-0.1, -0.05) is 30.9 Å². The van der Waals surface area contributed by atoms with Crippen molar-refractivity contribution in [2.45, 2.75) is 83.2 Å². The van der Waals surface area contributed by atoms with Crippen molar-refractivity contribution in [2.24, 2.45) is 11.3 Å². The van der Waals surface area contributed by atoms with Gasteiger partial charge in [-0.15, -0.1) is 10.2 Å². The minimum absolute atomic E-state index is 0.315. The molecule has 3 saturated heterocycles. The van der Waals surface area contributed by atoms with E-state index < -0.39 is 0 Å². The van der Waals surface area contributed by atoms with E-state index in [2.05, 4.69) is 51.8 Å². The van der Waals surface area contributed by atoms with Gasteiger partial charge in [0.25, 0.3) is 0 Å². The van der Waals surface area contributed by atoms with Crippen LogP contribution in [0.3, 0.4) is 0 Å². The van der Waals surface area contributed by atoms with E-state index in [9.17, 15) is 5.26 Å². The maximum atomic E-state index is 9.24. The summed E-state index contributed by atoms with van der Waals surface area (Å²) in [5.74, 6) is 2.93. The number of benzene rings is 1. The summed E-state index contributed by atoms with van der Waals surface area (Å²) in [7, 11) is 2.20.